The molecule has 0 aromatic carbocycles. The van der Waals surface area contributed by atoms with Crippen molar-refractivity contribution < 1.29 is 24.5 Å². The summed E-state index contributed by atoms with van der Waals surface area (Å²) in [6.07, 6.45) is -0.628. The molecule has 0 saturated heterocycles. The Hall–Kier alpha value is 1.84. The number of aliphatic hydroxyl groups excluding tert-OH is 1. The Bertz CT molecular complexity index is 170. The first-order valence-electron chi connectivity index (χ1n) is 2.98. The predicted molar refractivity (Wildman–Crippen MR) is 54.2 cm³/mol. The molecule has 0 aromatic heterocycles. The maximum absolute atomic E-state index is 10.00. The van der Waals surface area contributed by atoms with Gasteiger partial charge in [-0.05, 0) is 6.92 Å². The van der Waals surface area contributed by atoms with Gasteiger partial charge in [0.2, 0.25) is 0 Å². The predicted octanol–water partition coefficient (Wildman–Crippen LogP) is -1.69. The standard InChI is InChI=1S/C4H7NO3.C2H4O2.2K.2H/c1-3(6)8-4(7)2-5;1-2(3)4;;;;/h2-3,5-6H,1H3;1H3,(H,3,4);;;;. The van der Waals surface area contributed by atoms with Crippen LogP contribution in [0.2, 0.25) is 0 Å². The van der Waals surface area contributed by atoms with Crippen molar-refractivity contribution >= 4 is 121 Å². The van der Waals surface area contributed by atoms with Crippen molar-refractivity contribution in [1.82, 2.24) is 0 Å². The molecule has 0 aliphatic heterocycles. The Kier molecular flexibility index (Phi) is 30.7. The van der Waals surface area contributed by atoms with Crippen LogP contribution in [-0.4, -0.2) is 137 Å². The van der Waals surface area contributed by atoms with Gasteiger partial charge in [-0.1, -0.05) is 0 Å². The van der Waals surface area contributed by atoms with Gasteiger partial charge in [-0.15, -0.1) is 0 Å². The van der Waals surface area contributed by atoms with Gasteiger partial charge in [0.05, 0.1) is 0 Å². The van der Waals surface area contributed by atoms with Gasteiger partial charge in [-0.3, -0.25) is 4.79 Å². The third-order valence-electron chi connectivity index (χ3n) is 0.405. The van der Waals surface area contributed by atoms with E-state index in [0.717, 1.165) is 6.92 Å². The van der Waals surface area contributed by atoms with Gasteiger partial charge < -0.3 is 20.4 Å². The van der Waals surface area contributed by atoms with Crippen LogP contribution in [0.25, 0.3) is 0 Å². The van der Waals surface area contributed by atoms with Crippen molar-refractivity contribution in [2.45, 2.75) is 20.1 Å². The SMILES string of the molecule is CC(=O)O.CC(O)OC(=O)C=N.[KH].[KH]. The molecule has 6 nitrogen and oxygen atoms in total. The number of rotatable bonds is 2. The Morgan fingerprint density at radius 2 is 1.71 bits per heavy atom. The van der Waals surface area contributed by atoms with Crippen LogP contribution in [-0.2, 0) is 14.3 Å². The number of aliphatic hydroxyl groups is 1. The minimum absolute atomic E-state index is 0. The van der Waals surface area contributed by atoms with E-state index in [1.165, 1.54) is 6.92 Å². The number of ether oxygens (including phenoxy) is 1. The third kappa shape index (κ3) is 37.1. The van der Waals surface area contributed by atoms with Gasteiger partial charge in [0, 0.05) is 6.92 Å². The van der Waals surface area contributed by atoms with Crippen LogP contribution < -0.4 is 0 Å². The molecule has 0 fully saturated rings. The van der Waals surface area contributed by atoms with E-state index in [-0.39, 0.29) is 103 Å². The van der Waals surface area contributed by atoms with Crippen molar-refractivity contribution in [2.75, 3.05) is 0 Å². The Labute approximate surface area is 167 Å². The second kappa shape index (κ2) is 17.2. The molecule has 0 aliphatic rings. The molecule has 0 spiro atoms. The second-order valence-electron chi connectivity index (χ2n) is 1.70. The maximum atomic E-state index is 10.00. The number of nitrogens with one attached hydrogen (secondary N) is 1. The van der Waals surface area contributed by atoms with Crippen LogP contribution in [0.5, 0.6) is 0 Å². The van der Waals surface area contributed by atoms with E-state index in [2.05, 4.69) is 4.74 Å². The molecular formula is C6H13K2NO5. The fourth-order valence-corrected chi connectivity index (χ4v) is 0.202. The first-order valence-corrected chi connectivity index (χ1v) is 2.98. The summed E-state index contributed by atoms with van der Waals surface area (Å²) >= 11 is 0. The van der Waals surface area contributed by atoms with Crippen LogP contribution in [0, 0.1) is 5.41 Å². The van der Waals surface area contributed by atoms with E-state index in [1.54, 1.807) is 0 Å². The van der Waals surface area contributed by atoms with Crippen molar-refractivity contribution in [3.63, 3.8) is 0 Å². The van der Waals surface area contributed by atoms with Crippen molar-refractivity contribution in [1.29, 1.82) is 5.41 Å². The number of aliphatic carboxylic acids is 1. The molecule has 0 heterocycles. The summed E-state index contributed by atoms with van der Waals surface area (Å²) in [4.78, 5) is 19.0. The number of carboxylic acids is 1. The molecule has 0 rings (SSSR count). The topological polar surface area (TPSA) is 108 Å². The van der Waals surface area contributed by atoms with Crippen LogP contribution in [0.1, 0.15) is 13.8 Å². The van der Waals surface area contributed by atoms with E-state index < -0.39 is 18.2 Å². The van der Waals surface area contributed by atoms with Gasteiger partial charge in [0.25, 0.3) is 5.97 Å². The van der Waals surface area contributed by atoms with Crippen LogP contribution in [0.3, 0.4) is 0 Å². The number of hydrogen-bond acceptors (Lipinski definition) is 5. The zero-order valence-corrected chi connectivity index (χ0v) is 6.77. The minimum atomic E-state index is -1.12. The normalized spacial score (nSPS) is 8.79. The van der Waals surface area contributed by atoms with Crippen molar-refractivity contribution in [2.24, 2.45) is 0 Å². The first kappa shape index (κ1) is 24.9. The molecule has 1 atom stereocenters. The molecule has 74 valence electrons. The summed E-state index contributed by atoms with van der Waals surface area (Å²) in [6, 6.07) is 0. The van der Waals surface area contributed by atoms with E-state index in [9.17, 15) is 4.79 Å². The van der Waals surface area contributed by atoms with Gasteiger partial charge in [0.15, 0.2) is 6.29 Å². The summed E-state index contributed by atoms with van der Waals surface area (Å²) in [5.41, 5.74) is 0. The molecule has 0 radical (unpaired) electrons. The molecule has 0 aromatic rings. The van der Waals surface area contributed by atoms with Crippen LogP contribution >= 0.6 is 0 Å². The number of carbonyl (C=O) groups excluding carboxylic acids is 1. The van der Waals surface area contributed by atoms with Crippen LogP contribution in [0.4, 0.5) is 0 Å². The van der Waals surface area contributed by atoms with Crippen molar-refractivity contribution in [3.05, 3.63) is 0 Å². The molecule has 8 heteroatoms. The monoisotopic (exact) mass is 257 g/mol. The average molecular weight is 257 g/mol. The van der Waals surface area contributed by atoms with Crippen LogP contribution in [0.15, 0.2) is 0 Å². The van der Waals surface area contributed by atoms with E-state index in [4.69, 9.17) is 20.4 Å². The summed E-state index contributed by atoms with van der Waals surface area (Å²) in [6.45, 7) is 2.38. The van der Waals surface area contributed by atoms with E-state index >= 15 is 0 Å². The first-order chi connectivity index (χ1) is 5.40. The average Bonchev–Trinajstić information content (AvgIpc) is 1.84. The molecular weight excluding hydrogens is 244 g/mol. The quantitative estimate of drug-likeness (QED) is 0.237. The molecule has 1 unspecified atom stereocenters. The third-order valence-corrected chi connectivity index (χ3v) is 0.405. The molecule has 0 saturated carbocycles. The van der Waals surface area contributed by atoms with Crippen molar-refractivity contribution in [3.8, 4) is 0 Å². The molecule has 0 bridgehead atoms. The second-order valence-corrected chi connectivity index (χ2v) is 1.70. The zero-order valence-electron chi connectivity index (χ0n) is 6.77. The molecule has 0 aliphatic carbocycles. The fraction of sp³-hybridized carbons (Fsp3) is 0.500. The fourth-order valence-electron chi connectivity index (χ4n) is 0.202. The van der Waals surface area contributed by atoms with E-state index in [0.29, 0.717) is 6.21 Å². The summed E-state index contributed by atoms with van der Waals surface area (Å²) in [5.74, 6) is -1.67. The molecule has 14 heavy (non-hydrogen) atoms. The summed E-state index contributed by atoms with van der Waals surface area (Å²) in [5, 5.41) is 22.0. The number of carbonyl (C=O) groups is 2. The number of hydrogen-bond donors (Lipinski definition) is 3. The zero-order chi connectivity index (χ0) is 10.1. The molecule has 0 amide bonds. The molecule has 3 N–H and O–H groups in total. The number of esters is 1. The van der Waals surface area contributed by atoms with Gasteiger partial charge in [-0.2, -0.15) is 0 Å². The van der Waals surface area contributed by atoms with E-state index in [1.807, 2.05) is 0 Å². The van der Waals surface area contributed by atoms with Gasteiger partial charge in [-0.25, -0.2) is 4.79 Å². The van der Waals surface area contributed by atoms with Gasteiger partial charge in [0.1, 0.15) is 6.21 Å². The Balaban J connectivity index is -0.0000000733. The summed E-state index contributed by atoms with van der Waals surface area (Å²) in [7, 11) is 0. The van der Waals surface area contributed by atoms with Gasteiger partial charge >= 0.3 is 109 Å². The Morgan fingerprint density at radius 3 is 1.79 bits per heavy atom. The number of carboxylic acid groups (broad SMARTS) is 1. The summed E-state index contributed by atoms with van der Waals surface area (Å²) < 4.78 is 4.07. The Morgan fingerprint density at radius 1 is 1.43 bits per heavy atom.